The molecule has 104 valence electrons. The minimum absolute atomic E-state index is 0.163. The third-order valence-electron chi connectivity index (χ3n) is 3.10. The van der Waals surface area contributed by atoms with Gasteiger partial charge in [0.05, 0.1) is 16.6 Å². The van der Waals surface area contributed by atoms with E-state index in [0.29, 0.717) is 17.1 Å². The highest BCUT2D eigenvalue weighted by Crippen LogP contribution is 2.23. The van der Waals surface area contributed by atoms with Crippen LogP contribution in [0.3, 0.4) is 0 Å². The van der Waals surface area contributed by atoms with Crippen molar-refractivity contribution in [1.29, 1.82) is 0 Å². The second-order valence-electron chi connectivity index (χ2n) is 4.56. The third-order valence-corrected chi connectivity index (χ3v) is 3.43. The summed E-state index contributed by atoms with van der Waals surface area (Å²) in [5, 5.41) is 12.2. The van der Waals surface area contributed by atoms with Gasteiger partial charge in [-0.3, -0.25) is 9.59 Å². The molecule has 5 heteroatoms. The fourth-order valence-electron chi connectivity index (χ4n) is 2.02. The number of carboxylic acid groups (broad SMARTS) is 1. The standard InChI is InChI=1S/C14H18ClNO3/c1-3-10(14(18)19)9(2)8-13(17)16-12-7-5-4-6-11(12)15/h4-7,9-10H,3,8H2,1-2H3,(H,16,17)(H,18,19)/t9-,10-/m1/s1. The molecule has 1 aromatic carbocycles. The molecule has 0 bridgehead atoms. The second-order valence-corrected chi connectivity index (χ2v) is 4.97. The maximum Gasteiger partial charge on any atom is 0.306 e. The first-order chi connectivity index (χ1) is 8.95. The normalized spacial score (nSPS) is 13.6. The molecule has 0 heterocycles. The van der Waals surface area contributed by atoms with Crippen LogP contribution in [-0.4, -0.2) is 17.0 Å². The van der Waals surface area contributed by atoms with Crippen LogP contribution in [-0.2, 0) is 9.59 Å². The number of hydrogen-bond acceptors (Lipinski definition) is 2. The number of nitrogens with one attached hydrogen (secondary N) is 1. The number of carbonyl (C=O) groups excluding carboxylic acids is 1. The van der Waals surface area contributed by atoms with Crippen molar-refractivity contribution in [2.45, 2.75) is 26.7 Å². The summed E-state index contributed by atoms with van der Waals surface area (Å²) in [7, 11) is 0. The van der Waals surface area contributed by atoms with Crippen LogP contribution in [0.25, 0.3) is 0 Å². The van der Waals surface area contributed by atoms with Crippen LogP contribution in [0.5, 0.6) is 0 Å². The van der Waals surface area contributed by atoms with Gasteiger partial charge < -0.3 is 10.4 Å². The van der Waals surface area contributed by atoms with Crippen molar-refractivity contribution in [2.75, 3.05) is 5.32 Å². The monoisotopic (exact) mass is 283 g/mol. The molecule has 0 aliphatic carbocycles. The van der Waals surface area contributed by atoms with Gasteiger partial charge in [0.2, 0.25) is 5.91 Å². The number of carboxylic acids is 1. The highest BCUT2D eigenvalue weighted by atomic mass is 35.5. The Morgan fingerprint density at radius 3 is 2.53 bits per heavy atom. The number of benzene rings is 1. The molecule has 0 saturated heterocycles. The highest BCUT2D eigenvalue weighted by molar-refractivity contribution is 6.33. The largest absolute Gasteiger partial charge is 0.481 e. The molecule has 4 nitrogen and oxygen atoms in total. The van der Waals surface area contributed by atoms with Crippen LogP contribution in [0.15, 0.2) is 24.3 Å². The zero-order valence-corrected chi connectivity index (χ0v) is 11.8. The van der Waals surface area contributed by atoms with Crippen molar-refractivity contribution in [2.24, 2.45) is 11.8 Å². The number of anilines is 1. The molecule has 0 aliphatic rings. The Bertz CT molecular complexity index is 462. The Hall–Kier alpha value is -1.55. The van der Waals surface area contributed by atoms with Crippen molar-refractivity contribution >= 4 is 29.2 Å². The van der Waals surface area contributed by atoms with Gasteiger partial charge >= 0.3 is 5.97 Å². The molecule has 1 rings (SSSR count). The first-order valence-corrected chi connectivity index (χ1v) is 6.60. The van der Waals surface area contributed by atoms with Crippen LogP contribution in [0.1, 0.15) is 26.7 Å². The fourth-order valence-corrected chi connectivity index (χ4v) is 2.20. The average molecular weight is 284 g/mol. The van der Waals surface area contributed by atoms with Crippen molar-refractivity contribution in [1.82, 2.24) is 0 Å². The molecule has 2 N–H and O–H groups in total. The van der Waals surface area contributed by atoms with E-state index in [1.54, 1.807) is 38.1 Å². The number of rotatable bonds is 6. The third kappa shape index (κ3) is 4.56. The lowest BCUT2D eigenvalue weighted by molar-refractivity contribution is -0.143. The Balaban J connectivity index is 2.61. The number of carbonyl (C=O) groups is 2. The van der Waals surface area contributed by atoms with E-state index in [9.17, 15) is 9.59 Å². The topological polar surface area (TPSA) is 66.4 Å². The van der Waals surface area contributed by atoms with Crippen LogP contribution >= 0.6 is 11.6 Å². The van der Waals surface area contributed by atoms with Gasteiger partial charge in [-0.05, 0) is 24.5 Å². The van der Waals surface area contributed by atoms with Gasteiger partial charge in [-0.25, -0.2) is 0 Å². The molecule has 0 saturated carbocycles. The molecule has 0 radical (unpaired) electrons. The van der Waals surface area contributed by atoms with Crippen LogP contribution in [0.4, 0.5) is 5.69 Å². The summed E-state index contributed by atoms with van der Waals surface area (Å²) in [6, 6.07) is 6.95. The van der Waals surface area contributed by atoms with E-state index < -0.39 is 11.9 Å². The second kappa shape index (κ2) is 7.14. The molecule has 0 unspecified atom stereocenters. The first-order valence-electron chi connectivity index (χ1n) is 6.22. The number of para-hydroxylation sites is 1. The van der Waals surface area contributed by atoms with Crippen LogP contribution < -0.4 is 5.32 Å². The number of hydrogen-bond donors (Lipinski definition) is 2. The summed E-state index contributed by atoms with van der Waals surface area (Å²) in [5.41, 5.74) is 0.546. The minimum Gasteiger partial charge on any atom is -0.481 e. The molecule has 0 aromatic heterocycles. The van der Waals surface area contributed by atoms with Crippen LogP contribution in [0.2, 0.25) is 5.02 Å². The lowest BCUT2D eigenvalue weighted by Crippen LogP contribution is -2.25. The molecule has 0 aliphatic heterocycles. The van der Waals surface area contributed by atoms with E-state index in [0.717, 1.165) is 0 Å². The van der Waals surface area contributed by atoms with Crippen molar-refractivity contribution in [3.05, 3.63) is 29.3 Å². The lowest BCUT2D eigenvalue weighted by atomic mass is 9.89. The predicted molar refractivity (Wildman–Crippen MR) is 75.3 cm³/mol. The molecule has 19 heavy (non-hydrogen) atoms. The van der Waals surface area contributed by atoms with E-state index >= 15 is 0 Å². The maximum atomic E-state index is 11.9. The van der Waals surface area contributed by atoms with Crippen molar-refractivity contribution in [3.63, 3.8) is 0 Å². The van der Waals surface area contributed by atoms with E-state index in [-0.39, 0.29) is 18.2 Å². The summed E-state index contributed by atoms with van der Waals surface area (Å²) in [6.45, 7) is 3.58. The van der Waals surface area contributed by atoms with E-state index in [1.807, 2.05) is 0 Å². The molecule has 2 atom stereocenters. The van der Waals surface area contributed by atoms with Gasteiger partial charge in [-0.2, -0.15) is 0 Å². The maximum absolute atomic E-state index is 11.9. The van der Waals surface area contributed by atoms with Gasteiger partial charge in [0.1, 0.15) is 0 Å². The predicted octanol–water partition coefficient (Wildman–Crippen LogP) is 3.42. The van der Waals surface area contributed by atoms with Gasteiger partial charge in [-0.1, -0.05) is 37.6 Å². The number of halogens is 1. The molecule has 1 amide bonds. The summed E-state index contributed by atoms with van der Waals surface area (Å²) < 4.78 is 0. The van der Waals surface area contributed by atoms with E-state index in [4.69, 9.17) is 16.7 Å². The number of aliphatic carboxylic acids is 1. The Morgan fingerprint density at radius 1 is 1.37 bits per heavy atom. The van der Waals surface area contributed by atoms with Gasteiger partial charge in [-0.15, -0.1) is 0 Å². The Morgan fingerprint density at radius 2 is 2.00 bits per heavy atom. The van der Waals surface area contributed by atoms with E-state index in [1.165, 1.54) is 0 Å². The van der Waals surface area contributed by atoms with E-state index in [2.05, 4.69) is 5.32 Å². The summed E-state index contributed by atoms with van der Waals surface area (Å²) in [5.74, 6) is -1.80. The SMILES string of the molecule is CC[C@@H](C(=O)O)[C@H](C)CC(=O)Nc1ccccc1Cl. The molecular formula is C14H18ClNO3. The van der Waals surface area contributed by atoms with Gasteiger partial charge in [0.25, 0.3) is 0 Å². The summed E-state index contributed by atoms with van der Waals surface area (Å²) in [4.78, 5) is 22.9. The summed E-state index contributed by atoms with van der Waals surface area (Å²) >= 11 is 5.94. The van der Waals surface area contributed by atoms with Crippen molar-refractivity contribution < 1.29 is 14.7 Å². The highest BCUT2D eigenvalue weighted by Gasteiger charge is 2.24. The zero-order valence-electron chi connectivity index (χ0n) is 11.0. The Kier molecular flexibility index (Phi) is 5.83. The summed E-state index contributed by atoms with van der Waals surface area (Å²) in [6.07, 6.45) is 0.673. The Labute approximate surface area is 117 Å². The molecular weight excluding hydrogens is 266 g/mol. The zero-order chi connectivity index (χ0) is 14.4. The number of amides is 1. The minimum atomic E-state index is -0.861. The fraction of sp³-hybridized carbons (Fsp3) is 0.429. The van der Waals surface area contributed by atoms with Crippen LogP contribution in [0, 0.1) is 11.8 Å². The molecule has 0 fully saturated rings. The smallest absolute Gasteiger partial charge is 0.306 e. The molecule has 1 aromatic rings. The first kappa shape index (κ1) is 15.5. The van der Waals surface area contributed by atoms with Crippen molar-refractivity contribution in [3.8, 4) is 0 Å². The van der Waals surface area contributed by atoms with Gasteiger partial charge in [0.15, 0.2) is 0 Å². The average Bonchev–Trinajstić information content (AvgIpc) is 2.32. The van der Waals surface area contributed by atoms with Gasteiger partial charge in [0, 0.05) is 6.42 Å². The lowest BCUT2D eigenvalue weighted by Gasteiger charge is -2.18. The quantitative estimate of drug-likeness (QED) is 0.841. The molecule has 0 spiro atoms.